The van der Waals surface area contributed by atoms with Crippen LogP contribution in [0.3, 0.4) is 0 Å². The molecule has 3 aromatic rings. The molecule has 1 aliphatic heterocycles. The van der Waals surface area contributed by atoms with E-state index in [2.05, 4.69) is 15.5 Å². The standard InChI is InChI=1S/C20H19N3O4.C2HF3O2/c1-12-14(10-21-23-12)13-7-8-15(18(9-13)25-2)22-20(24)19-11-26-16-5-3-4-6-17(16)27-19;3-2(4,5)1(6)7/h3-10,19H,11H2,1-2H3,(H,21,23)(H,22,24);(H,6,7)/t19-;/m0./s1. The van der Waals surface area contributed by atoms with Crippen molar-refractivity contribution in [1.29, 1.82) is 0 Å². The lowest BCUT2D eigenvalue weighted by Crippen LogP contribution is -2.40. The fraction of sp³-hybridized carbons (Fsp3) is 0.227. The van der Waals surface area contributed by atoms with Crippen molar-refractivity contribution in [1.82, 2.24) is 10.2 Å². The number of H-pyrrole nitrogens is 1. The zero-order chi connectivity index (χ0) is 24.9. The van der Waals surface area contributed by atoms with Crippen molar-refractivity contribution in [2.45, 2.75) is 19.2 Å². The molecular weight excluding hydrogens is 459 g/mol. The average Bonchev–Trinajstić information content (AvgIpc) is 3.24. The van der Waals surface area contributed by atoms with E-state index in [1.165, 1.54) is 0 Å². The van der Waals surface area contributed by atoms with Crippen molar-refractivity contribution in [3.8, 4) is 28.4 Å². The molecule has 180 valence electrons. The van der Waals surface area contributed by atoms with E-state index in [4.69, 9.17) is 24.1 Å². The predicted octanol–water partition coefficient (Wildman–Crippen LogP) is 3.81. The molecule has 9 nitrogen and oxygen atoms in total. The van der Waals surface area contributed by atoms with Crippen LogP contribution in [-0.2, 0) is 9.59 Å². The van der Waals surface area contributed by atoms with Crippen LogP contribution in [0.15, 0.2) is 48.7 Å². The minimum Gasteiger partial charge on any atom is -0.495 e. The molecule has 0 spiro atoms. The minimum absolute atomic E-state index is 0.150. The number of aliphatic carboxylic acids is 1. The Bertz CT molecular complexity index is 1180. The SMILES string of the molecule is COc1cc(-c2cn[nH]c2C)ccc1NC(=O)[C@@H]1COc2ccccc2O1.O=C(O)C(F)(F)F. The van der Waals surface area contributed by atoms with Crippen molar-refractivity contribution in [3.05, 3.63) is 54.4 Å². The maximum atomic E-state index is 12.6. The third-order valence-corrected chi connectivity index (χ3v) is 4.64. The van der Waals surface area contributed by atoms with Gasteiger partial charge in [-0.15, -0.1) is 0 Å². The number of para-hydroxylation sites is 2. The van der Waals surface area contributed by atoms with E-state index in [1.54, 1.807) is 25.4 Å². The molecule has 1 atom stereocenters. The molecule has 12 heteroatoms. The number of hydrogen-bond acceptors (Lipinski definition) is 6. The number of alkyl halides is 3. The second kappa shape index (κ2) is 10.1. The van der Waals surface area contributed by atoms with Crippen molar-refractivity contribution in [3.63, 3.8) is 0 Å². The lowest BCUT2D eigenvalue weighted by atomic mass is 10.1. The Morgan fingerprint density at radius 1 is 1.21 bits per heavy atom. The molecule has 1 aromatic heterocycles. The van der Waals surface area contributed by atoms with Crippen LogP contribution < -0.4 is 19.5 Å². The molecule has 4 rings (SSSR count). The molecule has 1 aliphatic rings. The number of halogens is 3. The van der Waals surface area contributed by atoms with Gasteiger partial charge in [-0.05, 0) is 36.8 Å². The van der Waals surface area contributed by atoms with E-state index >= 15 is 0 Å². The van der Waals surface area contributed by atoms with Gasteiger partial charge >= 0.3 is 12.1 Å². The predicted molar refractivity (Wildman–Crippen MR) is 114 cm³/mol. The fourth-order valence-electron chi connectivity index (χ4n) is 2.97. The number of nitrogens with zero attached hydrogens (tertiary/aromatic N) is 1. The topological polar surface area (TPSA) is 123 Å². The largest absolute Gasteiger partial charge is 0.495 e. The number of carbonyl (C=O) groups excluding carboxylic acids is 1. The van der Waals surface area contributed by atoms with Crippen molar-refractivity contribution in [2.75, 3.05) is 19.0 Å². The Hall–Kier alpha value is -4.22. The van der Waals surface area contributed by atoms with E-state index in [1.807, 2.05) is 37.3 Å². The number of aromatic nitrogens is 2. The Balaban J connectivity index is 0.000000406. The van der Waals surface area contributed by atoms with Crippen LogP contribution in [-0.4, -0.2) is 53.2 Å². The van der Waals surface area contributed by atoms with Gasteiger partial charge in [0.2, 0.25) is 6.10 Å². The highest BCUT2D eigenvalue weighted by atomic mass is 19.4. The summed E-state index contributed by atoms with van der Waals surface area (Å²) < 4.78 is 48.5. The Labute approximate surface area is 191 Å². The van der Waals surface area contributed by atoms with Crippen LogP contribution in [0.25, 0.3) is 11.1 Å². The number of anilines is 1. The molecule has 0 unspecified atom stereocenters. The molecular formula is C22H20F3N3O6. The van der Waals surface area contributed by atoms with Gasteiger partial charge in [0, 0.05) is 11.3 Å². The number of fused-ring (bicyclic) bond motifs is 1. The van der Waals surface area contributed by atoms with Crippen LogP contribution in [0.1, 0.15) is 5.69 Å². The summed E-state index contributed by atoms with van der Waals surface area (Å²) in [5.41, 5.74) is 3.45. The summed E-state index contributed by atoms with van der Waals surface area (Å²) in [5.74, 6) is -1.30. The third-order valence-electron chi connectivity index (χ3n) is 4.64. The Morgan fingerprint density at radius 3 is 2.47 bits per heavy atom. The zero-order valence-electron chi connectivity index (χ0n) is 18.0. The van der Waals surface area contributed by atoms with Crippen LogP contribution >= 0.6 is 0 Å². The van der Waals surface area contributed by atoms with Crippen molar-refractivity contribution >= 4 is 17.6 Å². The van der Waals surface area contributed by atoms with Gasteiger partial charge in [0.15, 0.2) is 11.5 Å². The molecule has 0 saturated carbocycles. The summed E-state index contributed by atoms with van der Waals surface area (Å²) in [7, 11) is 1.56. The summed E-state index contributed by atoms with van der Waals surface area (Å²) in [6, 6.07) is 12.8. The minimum atomic E-state index is -5.08. The van der Waals surface area contributed by atoms with Gasteiger partial charge in [0.05, 0.1) is 19.0 Å². The highest BCUT2D eigenvalue weighted by Crippen LogP contribution is 2.33. The van der Waals surface area contributed by atoms with E-state index in [-0.39, 0.29) is 12.5 Å². The summed E-state index contributed by atoms with van der Waals surface area (Å²) >= 11 is 0. The number of rotatable bonds is 4. The highest BCUT2D eigenvalue weighted by Gasteiger charge is 2.38. The number of aryl methyl sites for hydroxylation is 1. The summed E-state index contributed by atoms with van der Waals surface area (Å²) in [4.78, 5) is 21.5. The summed E-state index contributed by atoms with van der Waals surface area (Å²) in [6.07, 6.45) is -4.06. The summed E-state index contributed by atoms with van der Waals surface area (Å²) in [5, 5.41) is 16.9. The number of methoxy groups -OCH3 is 1. The molecule has 2 aromatic carbocycles. The van der Waals surface area contributed by atoms with Gasteiger partial charge in [0.25, 0.3) is 5.91 Å². The van der Waals surface area contributed by atoms with E-state index < -0.39 is 18.2 Å². The first-order valence-corrected chi connectivity index (χ1v) is 9.78. The van der Waals surface area contributed by atoms with Gasteiger partial charge in [-0.3, -0.25) is 9.89 Å². The number of carboxylic acids is 1. The summed E-state index contributed by atoms with van der Waals surface area (Å²) in [6.45, 7) is 2.10. The molecule has 0 saturated heterocycles. The van der Waals surface area contributed by atoms with Crippen LogP contribution in [0, 0.1) is 6.92 Å². The second-order valence-corrected chi connectivity index (χ2v) is 6.98. The lowest BCUT2D eigenvalue weighted by Gasteiger charge is -2.25. The molecule has 0 radical (unpaired) electrons. The Kier molecular flexibility index (Phi) is 7.29. The third kappa shape index (κ3) is 5.77. The molecule has 2 heterocycles. The molecule has 1 amide bonds. The first-order chi connectivity index (χ1) is 16.1. The maximum Gasteiger partial charge on any atom is 0.490 e. The fourth-order valence-corrected chi connectivity index (χ4v) is 2.97. The van der Waals surface area contributed by atoms with Crippen molar-refractivity contribution in [2.24, 2.45) is 0 Å². The number of benzene rings is 2. The molecule has 3 N–H and O–H groups in total. The van der Waals surface area contributed by atoms with Crippen molar-refractivity contribution < 1.29 is 42.1 Å². The van der Waals surface area contributed by atoms with Crippen LogP contribution in [0.5, 0.6) is 17.2 Å². The number of aromatic amines is 1. The second-order valence-electron chi connectivity index (χ2n) is 6.98. The number of carboxylic acid groups (broad SMARTS) is 1. The molecule has 34 heavy (non-hydrogen) atoms. The number of carbonyl (C=O) groups is 2. The smallest absolute Gasteiger partial charge is 0.490 e. The molecule has 0 aliphatic carbocycles. The van der Waals surface area contributed by atoms with E-state index in [0.29, 0.717) is 22.9 Å². The number of hydrogen-bond donors (Lipinski definition) is 3. The number of nitrogens with one attached hydrogen (secondary N) is 2. The molecule has 0 bridgehead atoms. The normalized spacial score (nSPS) is 14.4. The maximum absolute atomic E-state index is 12.6. The lowest BCUT2D eigenvalue weighted by molar-refractivity contribution is -0.192. The Morgan fingerprint density at radius 2 is 1.88 bits per heavy atom. The number of ether oxygens (including phenoxy) is 3. The van der Waals surface area contributed by atoms with Gasteiger partial charge in [-0.25, -0.2) is 4.79 Å². The monoisotopic (exact) mass is 479 g/mol. The van der Waals surface area contributed by atoms with E-state index in [9.17, 15) is 18.0 Å². The quantitative estimate of drug-likeness (QED) is 0.520. The van der Waals surface area contributed by atoms with Gasteiger partial charge in [-0.2, -0.15) is 18.3 Å². The van der Waals surface area contributed by atoms with Crippen LogP contribution in [0.2, 0.25) is 0 Å². The molecule has 0 fully saturated rings. The average molecular weight is 479 g/mol. The first-order valence-electron chi connectivity index (χ1n) is 9.78. The zero-order valence-corrected chi connectivity index (χ0v) is 18.0. The van der Waals surface area contributed by atoms with Crippen LogP contribution in [0.4, 0.5) is 18.9 Å². The van der Waals surface area contributed by atoms with Gasteiger partial charge in [0.1, 0.15) is 12.4 Å². The van der Waals surface area contributed by atoms with Gasteiger partial charge in [-0.1, -0.05) is 18.2 Å². The highest BCUT2D eigenvalue weighted by molar-refractivity contribution is 5.96. The van der Waals surface area contributed by atoms with E-state index in [0.717, 1.165) is 16.8 Å². The number of amides is 1. The first kappa shape index (κ1) is 24.4. The van der Waals surface area contributed by atoms with Gasteiger partial charge < -0.3 is 24.6 Å².